The van der Waals surface area contributed by atoms with Crippen LogP contribution in [-0.4, -0.2) is 11.8 Å². The van der Waals surface area contributed by atoms with E-state index >= 15 is 0 Å². The Labute approximate surface area is 57.0 Å². The molecule has 0 rings (SSSR count). The van der Waals surface area contributed by atoms with Gasteiger partial charge in [0.1, 0.15) is 5.57 Å². The topological polar surface area (TPSA) is 124 Å². The van der Waals surface area contributed by atoms with Crippen molar-refractivity contribution in [2.24, 2.45) is 17.3 Å². The Balaban J connectivity index is 4.42. The van der Waals surface area contributed by atoms with Gasteiger partial charge in [-0.1, -0.05) is 0 Å². The summed E-state index contributed by atoms with van der Waals surface area (Å²) in [5.74, 6) is 2.94. The van der Waals surface area contributed by atoms with E-state index in [-0.39, 0.29) is 5.57 Å². The summed E-state index contributed by atoms with van der Waals surface area (Å²) in [6.45, 7) is 0. The van der Waals surface area contributed by atoms with E-state index < -0.39 is 11.8 Å². The predicted molar refractivity (Wildman–Crippen MR) is 33.8 cm³/mol. The molecule has 6 nitrogen and oxygen atoms in total. The maximum atomic E-state index is 10.3. The molecule has 0 aromatic carbocycles. The van der Waals surface area contributed by atoms with Gasteiger partial charge in [0, 0.05) is 6.20 Å². The van der Waals surface area contributed by atoms with Crippen LogP contribution in [0.4, 0.5) is 0 Å². The molecule has 0 bridgehead atoms. The van der Waals surface area contributed by atoms with Crippen LogP contribution in [0.5, 0.6) is 0 Å². The van der Waals surface area contributed by atoms with Crippen molar-refractivity contribution in [2.75, 3.05) is 0 Å². The largest absolute Gasteiger partial charge is 0.365 e. The van der Waals surface area contributed by atoms with Crippen LogP contribution in [0.15, 0.2) is 11.8 Å². The third kappa shape index (κ3) is 2.14. The zero-order chi connectivity index (χ0) is 8.15. The van der Waals surface area contributed by atoms with Gasteiger partial charge in [-0.25, -0.2) is 0 Å². The zero-order valence-electron chi connectivity index (χ0n) is 5.13. The molecule has 56 valence electrons. The highest BCUT2D eigenvalue weighted by atomic mass is 16.2. The SMILES string of the molecule is NNC=C(C(N)=O)C(N)=O. The number of hydrogen-bond donors (Lipinski definition) is 4. The van der Waals surface area contributed by atoms with Gasteiger partial charge in [-0.3, -0.25) is 15.4 Å². The van der Waals surface area contributed by atoms with Crippen molar-refractivity contribution in [3.8, 4) is 0 Å². The summed E-state index contributed by atoms with van der Waals surface area (Å²) >= 11 is 0. The Hall–Kier alpha value is -1.56. The molecule has 0 aliphatic carbocycles. The molecule has 7 N–H and O–H groups in total. The molecule has 6 heteroatoms. The van der Waals surface area contributed by atoms with Gasteiger partial charge < -0.3 is 16.9 Å². The standard InChI is InChI=1S/C4H8N4O2/c5-3(9)2(1-8-7)4(6)10/h1,8H,7H2,(H2,5,9)(H2,6,10). The number of rotatable bonds is 3. The van der Waals surface area contributed by atoms with Gasteiger partial charge in [-0.15, -0.1) is 0 Å². The predicted octanol–water partition coefficient (Wildman–Crippen LogP) is -2.70. The summed E-state index contributed by atoms with van der Waals surface area (Å²) in [7, 11) is 0. The number of nitrogens with one attached hydrogen (secondary N) is 1. The van der Waals surface area contributed by atoms with Gasteiger partial charge in [0.15, 0.2) is 0 Å². The normalized spacial score (nSPS) is 8.10. The minimum absolute atomic E-state index is 0.359. The van der Waals surface area contributed by atoms with Crippen LogP contribution >= 0.6 is 0 Å². The molecule has 0 spiro atoms. The number of nitrogens with two attached hydrogens (primary N) is 3. The Kier molecular flexibility index (Phi) is 2.92. The van der Waals surface area contributed by atoms with Gasteiger partial charge in [-0.05, 0) is 0 Å². The molecular formula is C4H8N4O2. The first kappa shape index (κ1) is 8.44. The fraction of sp³-hybridized carbons (Fsp3) is 0. The highest BCUT2D eigenvalue weighted by Gasteiger charge is 2.09. The Morgan fingerprint density at radius 1 is 1.20 bits per heavy atom. The van der Waals surface area contributed by atoms with Crippen molar-refractivity contribution >= 4 is 11.8 Å². The van der Waals surface area contributed by atoms with Gasteiger partial charge in [0.2, 0.25) is 0 Å². The lowest BCUT2D eigenvalue weighted by molar-refractivity contribution is -0.120. The summed E-state index contributed by atoms with van der Waals surface area (Å²) in [6.07, 6.45) is 0.935. The molecule has 0 radical (unpaired) electrons. The van der Waals surface area contributed by atoms with Crippen LogP contribution in [0.25, 0.3) is 0 Å². The lowest BCUT2D eigenvalue weighted by atomic mass is 10.3. The molecule has 0 aromatic heterocycles. The fourth-order valence-corrected chi connectivity index (χ4v) is 0.347. The summed E-state index contributed by atoms with van der Waals surface area (Å²) in [6, 6.07) is 0. The molecule has 0 aliphatic rings. The molecule has 0 saturated heterocycles. The molecule has 0 unspecified atom stereocenters. The lowest BCUT2D eigenvalue weighted by Gasteiger charge is -1.95. The highest BCUT2D eigenvalue weighted by Crippen LogP contribution is 1.86. The number of primary amides is 2. The van der Waals surface area contributed by atoms with Crippen LogP contribution in [0, 0.1) is 0 Å². The molecule has 0 fully saturated rings. The maximum absolute atomic E-state index is 10.3. The molecule has 10 heavy (non-hydrogen) atoms. The van der Waals surface area contributed by atoms with E-state index in [2.05, 4.69) is 0 Å². The second kappa shape index (κ2) is 3.46. The number of carbonyl (C=O) groups is 2. The summed E-state index contributed by atoms with van der Waals surface area (Å²) < 4.78 is 0. The number of hydrogen-bond acceptors (Lipinski definition) is 4. The van der Waals surface area contributed by atoms with Crippen molar-refractivity contribution in [3.05, 3.63) is 11.8 Å². The Bertz CT molecular complexity index is 170. The van der Waals surface area contributed by atoms with E-state index in [0.717, 1.165) is 6.20 Å². The monoisotopic (exact) mass is 144 g/mol. The molecule has 0 saturated carbocycles. The van der Waals surface area contributed by atoms with E-state index in [0.29, 0.717) is 0 Å². The van der Waals surface area contributed by atoms with Crippen LogP contribution in [-0.2, 0) is 9.59 Å². The van der Waals surface area contributed by atoms with Crippen molar-refractivity contribution in [1.82, 2.24) is 5.43 Å². The summed E-state index contributed by atoms with van der Waals surface area (Å²) in [4.78, 5) is 20.6. The third-order valence-corrected chi connectivity index (χ3v) is 0.759. The number of carbonyl (C=O) groups excluding carboxylic acids is 2. The van der Waals surface area contributed by atoms with Crippen molar-refractivity contribution in [2.45, 2.75) is 0 Å². The van der Waals surface area contributed by atoms with Crippen molar-refractivity contribution in [3.63, 3.8) is 0 Å². The highest BCUT2D eigenvalue weighted by molar-refractivity contribution is 6.17. The Morgan fingerprint density at radius 2 is 1.60 bits per heavy atom. The Morgan fingerprint density at radius 3 is 1.70 bits per heavy atom. The zero-order valence-corrected chi connectivity index (χ0v) is 5.13. The molecule has 2 amide bonds. The lowest BCUT2D eigenvalue weighted by Crippen LogP contribution is -2.29. The summed E-state index contributed by atoms with van der Waals surface area (Å²) in [5, 5.41) is 0. The van der Waals surface area contributed by atoms with E-state index in [1.807, 2.05) is 5.43 Å². The van der Waals surface area contributed by atoms with Gasteiger partial charge >= 0.3 is 0 Å². The first-order valence-corrected chi connectivity index (χ1v) is 2.35. The fourth-order valence-electron chi connectivity index (χ4n) is 0.347. The minimum atomic E-state index is -0.912. The minimum Gasteiger partial charge on any atom is -0.365 e. The molecule has 0 heterocycles. The second-order valence-electron chi connectivity index (χ2n) is 1.45. The average molecular weight is 144 g/mol. The summed E-state index contributed by atoms with van der Waals surface area (Å²) in [5.41, 5.74) is 11.0. The number of hydrazine groups is 1. The van der Waals surface area contributed by atoms with E-state index in [1.165, 1.54) is 0 Å². The quantitative estimate of drug-likeness (QED) is 0.113. The maximum Gasteiger partial charge on any atom is 0.255 e. The van der Waals surface area contributed by atoms with Gasteiger partial charge in [0.05, 0.1) is 0 Å². The van der Waals surface area contributed by atoms with E-state index in [1.54, 1.807) is 0 Å². The van der Waals surface area contributed by atoms with Gasteiger partial charge in [0.25, 0.3) is 11.8 Å². The molecular weight excluding hydrogens is 136 g/mol. The van der Waals surface area contributed by atoms with Crippen LogP contribution in [0.2, 0.25) is 0 Å². The molecule has 0 aliphatic heterocycles. The number of amides is 2. The molecule has 0 aromatic rings. The average Bonchev–Trinajstić information content (AvgIpc) is 1.81. The van der Waals surface area contributed by atoms with Crippen LogP contribution < -0.4 is 22.7 Å². The van der Waals surface area contributed by atoms with Crippen molar-refractivity contribution in [1.29, 1.82) is 0 Å². The van der Waals surface area contributed by atoms with Gasteiger partial charge in [-0.2, -0.15) is 0 Å². The third-order valence-electron chi connectivity index (χ3n) is 0.759. The van der Waals surface area contributed by atoms with Crippen molar-refractivity contribution < 1.29 is 9.59 Å². The van der Waals surface area contributed by atoms with Crippen LogP contribution in [0.1, 0.15) is 0 Å². The van der Waals surface area contributed by atoms with E-state index in [4.69, 9.17) is 17.3 Å². The second-order valence-corrected chi connectivity index (χ2v) is 1.45. The van der Waals surface area contributed by atoms with E-state index in [9.17, 15) is 9.59 Å². The first-order valence-electron chi connectivity index (χ1n) is 2.35. The first-order chi connectivity index (χ1) is 4.59. The van der Waals surface area contributed by atoms with Crippen LogP contribution in [0.3, 0.4) is 0 Å². The smallest absolute Gasteiger partial charge is 0.255 e. The molecule has 0 atom stereocenters.